The van der Waals surface area contributed by atoms with Gasteiger partial charge >= 0.3 is 0 Å². The van der Waals surface area contributed by atoms with Crippen molar-refractivity contribution in [1.82, 2.24) is 4.72 Å². The molecule has 92 valence electrons. The van der Waals surface area contributed by atoms with Crippen LogP contribution >= 0.6 is 11.8 Å². The molecule has 0 saturated heterocycles. The molecule has 0 aromatic carbocycles. The van der Waals surface area contributed by atoms with E-state index in [0.29, 0.717) is 19.5 Å². The molecule has 0 aliphatic carbocycles. The van der Waals surface area contributed by atoms with Crippen molar-refractivity contribution in [2.75, 3.05) is 30.9 Å². The molecule has 0 rings (SSSR count). The summed E-state index contributed by atoms with van der Waals surface area (Å²) in [6.07, 6.45) is 5.77. The fraction of sp³-hybridized carbons (Fsp3) is 1.00. The van der Waals surface area contributed by atoms with Gasteiger partial charge in [-0.15, -0.1) is 0 Å². The lowest BCUT2D eigenvalue weighted by Crippen LogP contribution is -2.28. The van der Waals surface area contributed by atoms with Crippen molar-refractivity contribution in [3.8, 4) is 0 Å². The third-order valence-electron chi connectivity index (χ3n) is 1.96. The molecule has 6 heteroatoms. The summed E-state index contributed by atoms with van der Waals surface area (Å²) < 4.78 is 25.2. The molecule has 0 unspecified atom stereocenters. The Bertz CT molecular complexity index is 230. The Labute approximate surface area is 97.4 Å². The number of hydrogen-bond donors (Lipinski definition) is 2. The Hall–Kier alpha value is 0.220. The second-order valence-electron chi connectivity index (χ2n) is 3.41. The van der Waals surface area contributed by atoms with Gasteiger partial charge in [-0.2, -0.15) is 11.8 Å². The average Bonchev–Trinajstić information content (AvgIpc) is 2.20. The van der Waals surface area contributed by atoms with Crippen LogP contribution in [0.4, 0.5) is 0 Å². The predicted molar refractivity (Wildman–Crippen MR) is 67.7 cm³/mol. The van der Waals surface area contributed by atoms with Crippen LogP contribution in [0.25, 0.3) is 0 Å². The van der Waals surface area contributed by atoms with Crippen LogP contribution in [0.3, 0.4) is 0 Å². The van der Waals surface area contributed by atoms with Gasteiger partial charge in [0, 0.05) is 6.54 Å². The van der Waals surface area contributed by atoms with Gasteiger partial charge in [-0.05, 0) is 37.8 Å². The lowest BCUT2D eigenvalue weighted by atomic mass is 10.2. The van der Waals surface area contributed by atoms with E-state index in [9.17, 15) is 8.42 Å². The number of sulfonamides is 1. The summed E-state index contributed by atoms with van der Waals surface area (Å²) in [6, 6.07) is 0. The highest BCUT2D eigenvalue weighted by atomic mass is 32.2. The Morgan fingerprint density at radius 2 is 1.93 bits per heavy atom. The molecule has 0 aliphatic rings. The van der Waals surface area contributed by atoms with E-state index in [1.807, 2.05) is 11.8 Å². The minimum atomic E-state index is -3.07. The van der Waals surface area contributed by atoms with Crippen molar-refractivity contribution >= 4 is 21.8 Å². The first-order valence-corrected chi connectivity index (χ1v) is 8.33. The van der Waals surface area contributed by atoms with Crippen molar-refractivity contribution in [2.24, 2.45) is 5.73 Å². The summed E-state index contributed by atoms with van der Waals surface area (Å²) in [7, 11) is -3.07. The van der Waals surface area contributed by atoms with Crippen molar-refractivity contribution in [3.63, 3.8) is 0 Å². The highest BCUT2D eigenvalue weighted by molar-refractivity contribution is 7.98. The Morgan fingerprint density at radius 3 is 2.53 bits per heavy atom. The van der Waals surface area contributed by atoms with E-state index in [4.69, 9.17) is 5.73 Å². The predicted octanol–water partition coefficient (Wildman–Crippen LogP) is 0.788. The maximum absolute atomic E-state index is 11.3. The van der Waals surface area contributed by atoms with Crippen molar-refractivity contribution in [3.05, 3.63) is 0 Å². The molecule has 0 aromatic rings. The summed E-state index contributed by atoms with van der Waals surface area (Å²) in [5.41, 5.74) is 5.25. The first-order valence-electron chi connectivity index (χ1n) is 5.28. The summed E-state index contributed by atoms with van der Waals surface area (Å²) >= 11 is 1.82. The lowest BCUT2D eigenvalue weighted by Gasteiger charge is -2.05. The van der Waals surface area contributed by atoms with E-state index in [1.165, 1.54) is 0 Å². The quantitative estimate of drug-likeness (QED) is 0.565. The minimum absolute atomic E-state index is 0.147. The topological polar surface area (TPSA) is 72.2 Å². The minimum Gasteiger partial charge on any atom is -0.330 e. The summed E-state index contributed by atoms with van der Waals surface area (Å²) in [4.78, 5) is 0. The number of thioether (sulfide) groups is 1. The zero-order valence-corrected chi connectivity index (χ0v) is 11.0. The smallest absolute Gasteiger partial charge is 0.211 e. The molecule has 0 bridgehead atoms. The van der Waals surface area contributed by atoms with E-state index >= 15 is 0 Å². The van der Waals surface area contributed by atoms with Crippen LogP contribution in [0.1, 0.15) is 25.7 Å². The zero-order valence-electron chi connectivity index (χ0n) is 9.37. The van der Waals surface area contributed by atoms with Crippen LogP contribution in [-0.2, 0) is 10.0 Å². The standard InChI is InChI=1S/C9H22N2O2S2/c1-14-8-4-2-3-7-11-15(12,13)9-5-6-10/h11H,2-10H2,1H3. The van der Waals surface area contributed by atoms with Gasteiger partial charge in [0.05, 0.1) is 5.75 Å². The van der Waals surface area contributed by atoms with Crippen molar-refractivity contribution in [1.29, 1.82) is 0 Å². The second-order valence-corrected chi connectivity index (χ2v) is 6.32. The third kappa shape index (κ3) is 10.5. The van der Waals surface area contributed by atoms with Gasteiger partial charge in [0.15, 0.2) is 0 Å². The molecule has 0 saturated carbocycles. The van der Waals surface area contributed by atoms with Crippen LogP contribution in [0.15, 0.2) is 0 Å². The summed E-state index contributed by atoms with van der Waals surface area (Å²) in [5.74, 6) is 1.30. The number of nitrogens with one attached hydrogen (secondary N) is 1. The highest BCUT2D eigenvalue weighted by Crippen LogP contribution is 2.01. The number of unbranched alkanes of at least 4 members (excludes halogenated alkanes) is 2. The average molecular weight is 254 g/mol. The molecule has 0 amide bonds. The number of hydrogen-bond acceptors (Lipinski definition) is 4. The van der Waals surface area contributed by atoms with Gasteiger partial charge in [0.25, 0.3) is 0 Å². The second kappa shape index (κ2) is 9.45. The van der Waals surface area contributed by atoms with Gasteiger partial charge in [-0.1, -0.05) is 6.42 Å². The van der Waals surface area contributed by atoms with E-state index in [0.717, 1.165) is 25.0 Å². The first kappa shape index (κ1) is 15.2. The van der Waals surface area contributed by atoms with Gasteiger partial charge in [-0.3, -0.25) is 0 Å². The molecule has 0 atom stereocenters. The molecule has 0 aromatic heterocycles. The molecule has 0 heterocycles. The molecule has 15 heavy (non-hydrogen) atoms. The normalized spacial score (nSPS) is 11.9. The van der Waals surface area contributed by atoms with Crippen LogP contribution in [-0.4, -0.2) is 39.3 Å². The third-order valence-corrected chi connectivity index (χ3v) is 4.13. The molecule has 0 spiro atoms. The molecule has 0 fully saturated rings. The van der Waals surface area contributed by atoms with Crippen molar-refractivity contribution < 1.29 is 8.42 Å². The molecule has 0 radical (unpaired) electrons. The number of nitrogens with two attached hydrogens (primary N) is 1. The summed E-state index contributed by atoms with van der Waals surface area (Å²) in [5, 5.41) is 0. The van der Waals surface area contributed by atoms with E-state index in [2.05, 4.69) is 11.0 Å². The molecule has 3 N–H and O–H groups in total. The van der Waals surface area contributed by atoms with E-state index in [-0.39, 0.29) is 5.75 Å². The van der Waals surface area contributed by atoms with Crippen LogP contribution in [0.5, 0.6) is 0 Å². The van der Waals surface area contributed by atoms with Crippen LogP contribution < -0.4 is 10.5 Å². The van der Waals surface area contributed by atoms with Gasteiger partial charge in [0.2, 0.25) is 10.0 Å². The Kier molecular flexibility index (Phi) is 9.58. The molecule has 0 aliphatic heterocycles. The van der Waals surface area contributed by atoms with Crippen LogP contribution in [0.2, 0.25) is 0 Å². The Balaban J connectivity index is 3.41. The maximum Gasteiger partial charge on any atom is 0.211 e. The zero-order chi connectivity index (χ0) is 11.6. The SMILES string of the molecule is CSCCCCCNS(=O)(=O)CCCN. The Morgan fingerprint density at radius 1 is 1.20 bits per heavy atom. The van der Waals surface area contributed by atoms with E-state index in [1.54, 1.807) is 0 Å². The summed E-state index contributed by atoms with van der Waals surface area (Å²) in [6.45, 7) is 0.982. The molecular formula is C9H22N2O2S2. The maximum atomic E-state index is 11.3. The molecule has 4 nitrogen and oxygen atoms in total. The number of rotatable bonds is 10. The lowest BCUT2D eigenvalue weighted by molar-refractivity contribution is 0.574. The fourth-order valence-corrected chi connectivity index (χ4v) is 2.76. The monoisotopic (exact) mass is 254 g/mol. The van der Waals surface area contributed by atoms with E-state index < -0.39 is 10.0 Å². The van der Waals surface area contributed by atoms with Gasteiger partial charge < -0.3 is 5.73 Å². The fourth-order valence-electron chi connectivity index (χ4n) is 1.12. The van der Waals surface area contributed by atoms with Gasteiger partial charge in [-0.25, -0.2) is 13.1 Å². The largest absolute Gasteiger partial charge is 0.330 e. The first-order chi connectivity index (χ1) is 7.12. The highest BCUT2D eigenvalue weighted by Gasteiger charge is 2.07. The van der Waals surface area contributed by atoms with Gasteiger partial charge in [0.1, 0.15) is 0 Å². The van der Waals surface area contributed by atoms with Crippen LogP contribution in [0, 0.1) is 0 Å². The van der Waals surface area contributed by atoms with Crippen molar-refractivity contribution in [2.45, 2.75) is 25.7 Å². The molecular weight excluding hydrogens is 232 g/mol.